The summed E-state index contributed by atoms with van der Waals surface area (Å²) < 4.78 is 11.0. The largest absolute Gasteiger partial charge is 0.497 e. The molecule has 3 aromatic rings. The Morgan fingerprint density at radius 3 is 2.67 bits per heavy atom. The molecule has 0 saturated carbocycles. The van der Waals surface area contributed by atoms with Crippen molar-refractivity contribution in [3.05, 3.63) is 59.4 Å². The fourth-order valence-corrected chi connectivity index (χ4v) is 4.12. The van der Waals surface area contributed by atoms with Crippen LogP contribution in [0.15, 0.2) is 52.9 Å². The molecule has 0 bridgehead atoms. The minimum absolute atomic E-state index is 0.0752. The first-order chi connectivity index (χ1) is 16.0. The molecule has 172 valence electrons. The fraction of sp³-hybridized carbons (Fsp3) is 0.333. The van der Waals surface area contributed by atoms with Gasteiger partial charge in [0.15, 0.2) is 0 Å². The highest BCUT2D eigenvalue weighted by Crippen LogP contribution is 2.29. The number of rotatable bonds is 8. The standard InChI is InChI=1S/C24H25ClN4O4/c1-3-12-28(15-21-26-27-23(33-21)19-6-4-5-7-20(19)25)24(31)16-13-22(30)29(14-16)17-8-10-18(32-2)11-9-17/h4-11,16H,3,12-15H2,1-2H3. The van der Waals surface area contributed by atoms with E-state index in [2.05, 4.69) is 10.2 Å². The summed E-state index contributed by atoms with van der Waals surface area (Å²) in [5.41, 5.74) is 1.39. The van der Waals surface area contributed by atoms with Crippen molar-refractivity contribution in [3.8, 4) is 17.2 Å². The SMILES string of the molecule is CCCN(Cc1nnc(-c2ccccc2Cl)o1)C(=O)C1CC(=O)N(c2ccc(OC)cc2)C1. The molecule has 1 aliphatic heterocycles. The zero-order chi connectivity index (χ0) is 23.4. The summed E-state index contributed by atoms with van der Waals surface area (Å²) >= 11 is 6.22. The normalized spacial score (nSPS) is 15.7. The smallest absolute Gasteiger partial charge is 0.249 e. The van der Waals surface area contributed by atoms with Gasteiger partial charge in [0.2, 0.25) is 23.6 Å². The van der Waals surface area contributed by atoms with Crippen LogP contribution in [0, 0.1) is 5.92 Å². The van der Waals surface area contributed by atoms with Crippen LogP contribution in [0.2, 0.25) is 5.02 Å². The van der Waals surface area contributed by atoms with Crippen molar-refractivity contribution >= 4 is 29.1 Å². The lowest BCUT2D eigenvalue weighted by Crippen LogP contribution is -2.37. The minimum atomic E-state index is -0.433. The molecule has 1 saturated heterocycles. The van der Waals surface area contributed by atoms with Gasteiger partial charge in [-0.3, -0.25) is 9.59 Å². The summed E-state index contributed by atoms with van der Waals surface area (Å²) in [6.45, 7) is 3.03. The Morgan fingerprint density at radius 2 is 1.97 bits per heavy atom. The average Bonchev–Trinajstić information content (AvgIpc) is 3.45. The summed E-state index contributed by atoms with van der Waals surface area (Å²) in [5, 5.41) is 8.70. The second-order valence-corrected chi connectivity index (χ2v) is 8.25. The lowest BCUT2D eigenvalue weighted by molar-refractivity contribution is -0.136. The van der Waals surface area contributed by atoms with Crippen molar-refractivity contribution in [2.75, 3.05) is 25.1 Å². The molecule has 33 heavy (non-hydrogen) atoms. The maximum atomic E-state index is 13.3. The van der Waals surface area contributed by atoms with E-state index in [9.17, 15) is 9.59 Å². The maximum Gasteiger partial charge on any atom is 0.249 e. The van der Waals surface area contributed by atoms with E-state index in [0.29, 0.717) is 41.2 Å². The molecule has 0 radical (unpaired) electrons. The second-order valence-electron chi connectivity index (χ2n) is 7.84. The molecular formula is C24H25ClN4O4. The molecule has 0 spiro atoms. The Labute approximate surface area is 197 Å². The monoisotopic (exact) mass is 468 g/mol. The zero-order valence-corrected chi connectivity index (χ0v) is 19.3. The fourth-order valence-electron chi connectivity index (χ4n) is 3.90. The molecule has 0 aliphatic carbocycles. The third-order valence-electron chi connectivity index (χ3n) is 5.56. The Bertz CT molecular complexity index is 1130. The molecule has 1 unspecified atom stereocenters. The maximum absolute atomic E-state index is 13.3. The van der Waals surface area contributed by atoms with E-state index in [1.807, 2.05) is 31.2 Å². The molecule has 1 aliphatic rings. The summed E-state index contributed by atoms with van der Waals surface area (Å²) in [4.78, 5) is 29.3. The van der Waals surface area contributed by atoms with Gasteiger partial charge in [-0.15, -0.1) is 10.2 Å². The highest BCUT2D eigenvalue weighted by molar-refractivity contribution is 6.33. The number of hydrogen-bond donors (Lipinski definition) is 0. The van der Waals surface area contributed by atoms with Gasteiger partial charge in [0.25, 0.3) is 0 Å². The van der Waals surface area contributed by atoms with E-state index >= 15 is 0 Å². The number of carbonyl (C=O) groups excluding carboxylic acids is 2. The Kier molecular flexibility index (Phi) is 6.93. The van der Waals surface area contributed by atoms with Crippen molar-refractivity contribution in [2.45, 2.75) is 26.3 Å². The molecular weight excluding hydrogens is 444 g/mol. The number of anilines is 1. The summed E-state index contributed by atoms with van der Waals surface area (Å²) in [6.07, 6.45) is 0.930. The van der Waals surface area contributed by atoms with E-state index < -0.39 is 5.92 Å². The van der Waals surface area contributed by atoms with E-state index in [1.54, 1.807) is 41.2 Å². The Balaban J connectivity index is 1.46. The first-order valence-electron chi connectivity index (χ1n) is 10.8. The molecule has 2 aromatic carbocycles. The molecule has 2 heterocycles. The quantitative estimate of drug-likeness (QED) is 0.492. The van der Waals surface area contributed by atoms with E-state index in [4.69, 9.17) is 20.8 Å². The van der Waals surface area contributed by atoms with Crippen LogP contribution >= 0.6 is 11.6 Å². The summed E-state index contributed by atoms with van der Waals surface area (Å²) in [6, 6.07) is 14.4. The van der Waals surface area contributed by atoms with Crippen molar-refractivity contribution in [1.29, 1.82) is 0 Å². The minimum Gasteiger partial charge on any atom is -0.497 e. The third kappa shape index (κ3) is 5.01. The van der Waals surface area contributed by atoms with Crippen LogP contribution < -0.4 is 9.64 Å². The lowest BCUT2D eigenvalue weighted by Gasteiger charge is -2.24. The van der Waals surface area contributed by atoms with Crippen molar-refractivity contribution < 1.29 is 18.7 Å². The third-order valence-corrected chi connectivity index (χ3v) is 5.89. The number of nitrogens with zero attached hydrogens (tertiary/aromatic N) is 4. The molecule has 4 rings (SSSR count). The van der Waals surface area contributed by atoms with Gasteiger partial charge in [-0.2, -0.15) is 0 Å². The molecule has 1 atom stereocenters. The number of ether oxygens (including phenoxy) is 1. The zero-order valence-electron chi connectivity index (χ0n) is 18.5. The molecule has 2 amide bonds. The highest BCUT2D eigenvalue weighted by Gasteiger charge is 2.37. The predicted octanol–water partition coefficient (Wildman–Crippen LogP) is 4.19. The highest BCUT2D eigenvalue weighted by atomic mass is 35.5. The average molecular weight is 469 g/mol. The van der Waals surface area contributed by atoms with Crippen LogP contribution in [0.5, 0.6) is 5.75 Å². The van der Waals surface area contributed by atoms with Crippen LogP contribution in [-0.2, 0) is 16.1 Å². The van der Waals surface area contributed by atoms with Gasteiger partial charge in [0.1, 0.15) is 5.75 Å². The predicted molar refractivity (Wildman–Crippen MR) is 124 cm³/mol. The summed E-state index contributed by atoms with van der Waals surface area (Å²) in [7, 11) is 1.59. The van der Waals surface area contributed by atoms with Crippen LogP contribution in [-0.4, -0.2) is 47.1 Å². The number of aromatic nitrogens is 2. The Morgan fingerprint density at radius 1 is 1.21 bits per heavy atom. The molecule has 1 fully saturated rings. The number of amides is 2. The van der Waals surface area contributed by atoms with Gasteiger partial charge < -0.3 is 19.0 Å². The molecule has 0 N–H and O–H groups in total. The van der Waals surface area contributed by atoms with Gasteiger partial charge in [0.05, 0.1) is 30.2 Å². The van der Waals surface area contributed by atoms with Gasteiger partial charge in [-0.1, -0.05) is 30.7 Å². The van der Waals surface area contributed by atoms with Crippen LogP contribution in [0.25, 0.3) is 11.5 Å². The first-order valence-corrected chi connectivity index (χ1v) is 11.2. The lowest BCUT2D eigenvalue weighted by atomic mass is 10.1. The topological polar surface area (TPSA) is 88.8 Å². The molecule has 9 heteroatoms. The van der Waals surface area contributed by atoms with Gasteiger partial charge in [-0.25, -0.2) is 0 Å². The number of methoxy groups -OCH3 is 1. The number of hydrogen-bond acceptors (Lipinski definition) is 6. The van der Waals surface area contributed by atoms with E-state index in [0.717, 1.165) is 12.1 Å². The van der Waals surface area contributed by atoms with Crippen LogP contribution in [0.3, 0.4) is 0 Å². The van der Waals surface area contributed by atoms with Crippen molar-refractivity contribution in [2.24, 2.45) is 5.92 Å². The molecule has 1 aromatic heterocycles. The van der Waals surface area contributed by atoms with E-state index in [-0.39, 0.29) is 24.8 Å². The first kappa shape index (κ1) is 22.8. The summed E-state index contributed by atoms with van der Waals surface area (Å²) in [5.74, 6) is 0.733. The number of carbonyl (C=O) groups is 2. The molecule has 8 nitrogen and oxygen atoms in total. The van der Waals surface area contributed by atoms with Gasteiger partial charge in [0, 0.05) is 25.2 Å². The van der Waals surface area contributed by atoms with Gasteiger partial charge >= 0.3 is 0 Å². The van der Waals surface area contributed by atoms with Crippen molar-refractivity contribution in [1.82, 2.24) is 15.1 Å². The van der Waals surface area contributed by atoms with E-state index in [1.165, 1.54) is 0 Å². The van der Waals surface area contributed by atoms with Gasteiger partial charge in [-0.05, 0) is 42.8 Å². The second kappa shape index (κ2) is 10.0. The van der Waals surface area contributed by atoms with Crippen LogP contribution in [0.1, 0.15) is 25.7 Å². The Hall–Kier alpha value is -3.39. The number of halogens is 1. The van der Waals surface area contributed by atoms with Crippen molar-refractivity contribution in [3.63, 3.8) is 0 Å². The number of benzene rings is 2. The van der Waals surface area contributed by atoms with Crippen LogP contribution in [0.4, 0.5) is 5.69 Å².